The van der Waals surface area contributed by atoms with Gasteiger partial charge < -0.3 is 16.2 Å². The minimum Gasteiger partial charge on any atom is -0.395 e. The van der Waals surface area contributed by atoms with Crippen LogP contribution in [0, 0.1) is 0 Å². The maximum Gasteiger partial charge on any atom is 0.274 e. The first-order chi connectivity index (χ1) is 8.06. The fraction of sp³-hybridized carbons (Fsp3) is 0.636. The number of hydrogen-bond acceptors (Lipinski definition) is 4. The molecule has 1 amide bonds. The molecule has 5 N–H and O–H groups in total. The molecule has 2 rings (SSSR count). The van der Waals surface area contributed by atoms with Crippen molar-refractivity contribution >= 4 is 11.6 Å². The summed E-state index contributed by atoms with van der Waals surface area (Å²) < 4.78 is 0. The highest BCUT2D eigenvalue weighted by Crippen LogP contribution is 2.30. The van der Waals surface area contributed by atoms with Gasteiger partial charge in [0.25, 0.3) is 5.91 Å². The number of H-pyrrole nitrogens is 1. The van der Waals surface area contributed by atoms with Crippen LogP contribution in [0.5, 0.6) is 0 Å². The third kappa shape index (κ3) is 2.26. The number of rotatable bonds is 4. The number of carbonyl (C=O) groups is 1. The van der Waals surface area contributed by atoms with Crippen LogP contribution in [0.2, 0.25) is 0 Å². The van der Waals surface area contributed by atoms with Gasteiger partial charge in [-0.15, -0.1) is 0 Å². The first-order valence-electron chi connectivity index (χ1n) is 5.89. The lowest BCUT2D eigenvalue weighted by molar-refractivity contribution is -0.0300. The van der Waals surface area contributed by atoms with E-state index >= 15 is 0 Å². The molecule has 0 atom stereocenters. The van der Waals surface area contributed by atoms with E-state index in [2.05, 4.69) is 15.5 Å². The Morgan fingerprint density at radius 1 is 1.65 bits per heavy atom. The molecule has 1 aromatic heterocycles. The fourth-order valence-electron chi connectivity index (χ4n) is 1.92. The van der Waals surface area contributed by atoms with Crippen LogP contribution < -0.4 is 11.1 Å². The summed E-state index contributed by atoms with van der Waals surface area (Å²) in [6, 6.07) is 0. The van der Waals surface area contributed by atoms with E-state index < -0.39 is 5.60 Å². The normalized spacial score (nSPS) is 17.5. The lowest BCUT2D eigenvalue weighted by atomic mass is 9.80. The van der Waals surface area contributed by atoms with Gasteiger partial charge in [-0.25, -0.2) is 0 Å². The Hall–Kier alpha value is -1.56. The van der Waals surface area contributed by atoms with E-state index in [-0.39, 0.29) is 18.1 Å². The number of carbonyl (C=O) groups excluding carboxylic acids is 1. The summed E-state index contributed by atoms with van der Waals surface area (Å²) in [5.74, 6) is -0.334. The molecule has 6 nitrogen and oxygen atoms in total. The molecule has 1 fully saturated rings. The minimum absolute atomic E-state index is 0.213. The van der Waals surface area contributed by atoms with Crippen molar-refractivity contribution in [3.05, 3.63) is 11.4 Å². The second kappa shape index (κ2) is 4.37. The van der Waals surface area contributed by atoms with Crippen LogP contribution in [-0.2, 0) is 6.42 Å². The van der Waals surface area contributed by atoms with Gasteiger partial charge in [0.2, 0.25) is 0 Å². The molecule has 0 aromatic carbocycles. The van der Waals surface area contributed by atoms with Gasteiger partial charge in [0.15, 0.2) is 5.69 Å². The van der Waals surface area contributed by atoms with Gasteiger partial charge >= 0.3 is 0 Å². The number of amides is 1. The zero-order chi connectivity index (χ0) is 12.5. The van der Waals surface area contributed by atoms with Crippen molar-refractivity contribution in [3.63, 3.8) is 0 Å². The Morgan fingerprint density at radius 2 is 2.35 bits per heavy atom. The molecule has 0 radical (unpaired) electrons. The van der Waals surface area contributed by atoms with E-state index in [0.29, 0.717) is 12.1 Å². The van der Waals surface area contributed by atoms with Gasteiger partial charge in [-0.2, -0.15) is 5.10 Å². The fourth-order valence-corrected chi connectivity index (χ4v) is 1.92. The zero-order valence-electron chi connectivity index (χ0n) is 9.92. The van der Waals surface area contributed by atoms with E-state index in [0.717, 1.165) is 25.0 Å². The first kappa shape index (κ1) is 11.9. The Balaban J connectivity index is 1.97. The van der Waals surface area contributed by atoms with Gasteiger partial charge in [-0.1, -0.05) is 6.92 Å². The number of nitrogens with zero attached hydrogens (tertiary/aromatic N) is 1. The van der Waals surface area contributed by atoms with Gasteiger partial charge in [0, 0.05) is 6.54 Å². The van der Waals surface area contributed by atoms with E-state index in [9.17, 15) is 9.90 Å². The zero-order valence-corrected chi connectivity index (χ0v) is 9.92. The Bertz CT molecular complexity index is 423. The summed E-state index contributed by atoms with van der Waals surface area (Å²) in [5.41, 5.74) is 6.42. The molecule has 1 saturated carbocycles. The average molecular weight is 238 g/mol. The maximum atomic E-state index is 11.8. The van der Waals surface area contributed by atoms with Gasteiger partial charge in [-0.3, -0.25) is 9.89 Å². The molecule has 17 heavy (non-hydrogen) atoms. The molecule has 0 bridgehead atoms. The number of nitrogen functional groups attached to an aromatic ring is 1. The molecule has 1 heterocycles. The predicted octanol–water partition coefficient (Wildman–Crippen LogP) is 0.199. The number of nitrogens with one attached hydrogen (secondary N) is 2. The second-order valence-electron chi connectivity index (χ2n) is 4.58. The number of aromatic nitrogens is 2. The monoisotopic (exact) mass is 238 g/mol. The molecule has 0 unspecified atom stereocenters. The highest BCUT2D eigenvalue weighted by Gasteiger charge is 2.34. The third-order valence-electron chi connectivity index (χ3n) is 3.31. The number of aryl methyl sites for hydroxylation is 1. The molecule has 94 valence electrons. The molecule has 0 spiro atoms. The van der Waals surface area contributed by atoms with E-state index in [1.165, 1.54) is 0 Å². The molecule has 0 saturated heterocycles. The number of nitrogens with two attached hydrogens (primary N) is 1. The minimum atomic E-state index is -0.728. The number of anilines is 1. The van der Waals surface area contributed by atoms with Crippen molar-refractivity contribution in [1.29, 1.82) is 0 Å². The van der Waals surface area contributed by atoms with Crippen molar-refractivity contribution in [2.24, 2.45) is 0 Å². The number of hydrogen-bond donors (Lipinski definition) is 4. The van der Waals surface area contributed by atoms with E-state index in [4.69, 9.17) is 5.73 Å². The Morgan fingerprint density at radius 3 is 2.82 bits per heavy atom. The topological polar surface area (TPSA) is 104 Å². The summed E-state index contributed by atoms with van der Waals surface area (Å²) in [6.45, 7) is 2.20. The first-order valence-corrected chi connectivity index (χ1v) is 5.89. The van der Waals surface area contributed by atoms with Gasteiger partial charge in [-0.05, 0) is 25.7 Å². The Kier molecular flexibility index (Phi) is 3.06. The van der Waals surface area contributed by atoms with Crippen molar-refractivity contribution in [2.45, 2.75) is 38.2 Å². The number of aliphatic hydroxyl groups is 1. The predicted molar refractivity (Wildman–Crippen MR) is 63.5 cm³/mol. The van der Waals surface area contributed by atoms with Crippen molar-refractivity contribution in [2.75, 3.05) is 12.3 Å². The average Bonchev–Trinajstić information content (AvgIpc) is 2.64. The van der Waals surface area contributed by atoms with Crippen molar-refractivity contribution in [3.8, 4) is 0 Å². The highest BCUT2D eigenvalue weighted by molar-refractivity contribution is 5.97. The van der Waals surface area contributed by atoms with Crippen LogP contribution in [0.1, 0.15) is 42.4 Å². The molecule has 1 aliphatic carbocycles. The maximum absolute atomic E-state index is 11.8. The summed E-state index contributed by atoms with van der Waals surface area (Å²) in [4.78, 5) is 11.8. The summed E-state index contributed by atoms with van der Waals surface area (Å²) in [5, 5.41) is 19.1. The summed E-state index contributed by atoms with van der Waals surface area (Å²) >= 11 is 0. The lowest BCUT2D eigenvalue weighted by Crippen LogP contribution is -2.47. The van der Waals surface area contributed by atoms with Crippen LogP contribution in [0.15, 0.2) is 0 Å². The van der Waals surface area contributed by atoms with Crippen LogP contribution >= 0.6 is 0 Å². The Labute approximate surface area is 99.6 Å². The summed E-state index contributed by atoms with van der Waals surface area (Å²) in [6.07, 6.45) is 3.19. The quantitative estimate of drug-likeness (QED) is 0.601. The van der Waals surface area contributed by atoms with Gasteiger partial charge in [0.1, 0.15) is 0 Å². The molecule has 1 aliphatic rings. The molecule has 1 aromatic rings. The highest BCUT2D eigenvalue weighted by atomic mass is 16.3. The SMILES string of the molecule is CCc1[nH]nc(C(=O)NCC2(O)CCC2)c1N. The van der Waals surface area contributed by atoms with Crippen LogP contribution in [-0.4, -0.2) is 33.4 Å². The molecule has 6 heteroatoms. The van der Waals surface area contributed by atoms with Crippen molar-refractivity contribution < 1.29 is 9.90 Å². The largest absolute Gasteiger partial charge is 0.395 e. The van der Waals surface area contributed by atoms with Crippen LogP contribution in [0.4, 0.5) is 5.69 Å². The van der Waals surface area contributed by atoms with Crippen LogP contribution in [0.3, 0.4) is 0 Å². The molecular formula is C11H18N4O2. The standard InChI is InChI=1S/C11H18N4O2/c1-2-7-8(12)9(15-14-7)10(16)13-6-11(17)4-3-5-11/h17H,2-6,12H2,1H3,(H,13,16)(H,14,15). The van der Waals surface area contributed by atoms with E-state index in [1.54, 1.807) is 0 Å². The van der Waals surface area contributed by atoms with E-state index in [1.807, 2.05) is 6.92 Å². The van der Waals surface area contributed by atoms with Gasteiger partial charge in [0.05, 0.1) is 17.0 Å². The van der Waals surface area contributed by atoms with Crippen molar-refractivity contribution in [1.82, 2.24) is 15.5 Å². The van der Waals surface area contributed by atoms with Crippen LogP contribution in [0.25, 0.3) is 0 Å². The second-order valence-corrected chi connectivity index (χ2v) is 4.58. The molecular weight excluding hydrogens is 220 g/mol. The molecule has 0 aliphatic heterocycles. The number of aromatic amines is 1. The lowest BCUT2D eigenvalue weighted by Gasteiger charge is -2.36. The summed E-state index contributed by atoms with van der Waals surface area (Å²) in [7, 11) is 0. The third-order valence-corrected chi connectivity index (χ3v) is 3.31. The smallest absolute Gasteiger partial charge is 0.274 e.